The number of hydrogen-bond donors (Lipinski definition) is 2. The van der Waals surface area contributed by atoms with Gasteiger partial charge in [-0.25, -0.2) is 0 Å². The number of fused-ring (bicyclic) bond motifs is 1. The summed E-state index contributed by atoms with van der Waals surface area (Å²) in [6.07, 6.45) is 10.1. The molecule has 0 spiro atoms. The maximum Gasteiger partial charge on any atom is 0.312 e. The third-order valence-corrected chi connectivity index (χ3v) is 8.01. The average molecular weight is 461 g/mol. The third kappa shape index (κ3) is 5.78. The first-order valence-electron chi connectivity index (χ1n) is 12.5. The van der Waals surface area contributed by atoms with Crippen molar-refractivity contribution in [2.75, 3.05) is 0 Å². The van der Waals surface area contributed by atoms with Crippen molar-refractivity contribution in [3.63, 3.8) is 0 Å². The van der Waals surface area contributed by atoms with Crippen molar-refractivity contribution in [1.29, 1.82) is 0 Å². The third-order valence-electron chi connectivity index (χ3n) is 8.01. The maximum absolute atomic E-state index is 13.4. The number of hydrogen-bond acceptors (Lipinski definition) is 6. The number of carbonyl (C=O) groups excluding carboxylic acids is 2. The topological polar surface area (TPSA) is 93.1 Å². The molecule has 2 N–H and O–H groups in total. The summed E-state index contributed by atoms with van der Waals surface area (Å²) in [6.45, 7) is 9.99. The average Bonchev–Trinajstić information content (AvgIpc) is 2.76. The van der Waals surface area contributed by atoms with Crippen LogP contribution in [0.3, 0.4) is 0 Å². The van der Waals surface area contributed by atoms with E-state index in [-0.39, 0.29) is 42.2 Å². The van der Waals surface area contributed by atoms with Crippen LogP contribution in [0.5, 0.6) is 0 Å². The number of cyclic esters (lactones) is 1. The van der Waals surface area contributed by atoms with E-state index in [4.69, 9.17) is 9.47 Å². The van der Waals surface area contributed by atoms with E-state index in [0.29, 0.717) is 38.5 Å². The number of ether oxygens (including phenoxy) is 2. The largest absolute Gasteiger partial charge is 0.462 e. The van der Waals surface area contributed by atoms with E-state index >= 15 is 0 Å². The van der Waals surface area contributed by atoms with Crippen LogP contribution in [-0.4, -0.2) is 46.6 Å². The Morgan fingerprint density at radius 3 is 2.64 bits per heavy atom. The molecule has 184 valence electrons. The molecule has 2 aliphatic carbocycles. The molecule has 7 atom stereocenters. The highest BCUT2D eigenvalue weighted by molar-refractivity contribution is 5.77. The monoisotopic (exact) mass is 460 g/mol. The lowest BCUT2D eigenvalue weighted by Gasteiger charge is -2.44. The minimum Gasteiger partial charge on any atom is -0.462 e. The smallest absolute Gasteiger partial charge is 0.312 e. The summed E-state index contributed by atoms with van der Waals surface area (Å²) in [5.74, 6) is -0.140. The van der Waals surface area contributed by atoms with Crippen LogP contribution >= 0.6 is 0 Å². The summed E-state index contributed by atoms with van der Waals surface area (Å²) in [6, 6.07) is 0. The van der Waals surface area contributed by atoms with Crippen LogP contribution < -0.4 is 0 Å². The number of aliphatic hydroxyl groups is 2. The number of aliphatic hydroxyl groups excluding tert-OH is 2. The maximum atomic E-state index is 13.4. The molecule has 0 saturated carbocycles. The van der Waals surface area contributed by atoms with Gasteiger partial charge in [0.05, 0.1) is 24.0 Å². The molecule has 3 aliphatic rings. The fraction of sp³-hybridized carbons (Fsp3) is 0.704. The Morgan fingerprint density at radius 1 is 1.27 bits per heavy atom. The summed E-state index contributed by atoms with van der Waals surface area (Å²) < 4.78 is 11.7. The standard InChI is InChI=1S/C27H40O6/c1-5-12-27(6-2,7-3)26(31)33-23-15-19(28)13-18-9-8-17(4)22(25(18)23)11-10-21-14-20(29)16-24(30)32-21/h5,8-9,13,17,19-23,25,28-29H,1,6-7,10-12,14-16H2,2-4H3/t17-,19+,20+,21+,22-,23-,25-/m0/s1. The summed E-state index contributed by atoms with van der Waals surface area (Å²) in [5.41, 5.74) is 0.421. The van der Waals surface area contributed by atoms with Gasteiger partial charge in [-0.05, 0) is 49.5 Å². The zero-order chi connectivity index (χ0) is 24.2. The van der Waals surface area contributed by atoms with Gasteiger partial charge in [-0.1, -0.05) is 45.1 Å². The van der Waals surface area contributed by atoms with Crippen molar-refractivity contribution in [2.24, 2.45) is 23.2 Å². The van der Waals surface area contributed by atoms with Crippen LogP contribution in [0, 0.1) is 23.2 Å². The second-order valence-corrected chi connectivity index (χ2v) is 10.1. The predicted molar refractivity (Wildman–Crippen MR) is 126 cm³/mol. The lowest BCUT2D eigenvalue weighted by atomic mass is 9.66. The van der Waals surface area contributed by atoms with E-state index in [0.717, 1.165) is 12.0 Å². The summed E-state index contributed by atoms with van der Waals surface area (Å²) in [4.78, 5) is 25.1. The first-order chi connectivity index (χ1) is 15.7. The first-order valence-corrected chi connectivity index (χ1v) is 12.5. The first kappa shape index (κ1) is 25.7. The predicted octanol–water partition coefficient (Wildman–Crippen LogP) is 4.26. The summed E-state index contributed by atoms with van der Waals surface area (Å²) in [7, 11) is 0. The molecule has 1 saturated heterocycles. The highest BCUT2D eigenvalue weighted by Gasteiger charge is 2.45. The molecule has 0 radical (unpaired) electrons. The van der Waals surface area contributed by atoms with Gasteiger partial charge in [0, 0.05) is 18.8 Å². The van der Waals surface area contributed by atoms with Crippen LogP contribution in [0.4, 0.5) is 0 Å². The minimum absolute atomic E-state index is 0.0169. The Kier molecular flexibility index (Phi) is 8.57. The molecular weight excluding hydrogens is 420 g/mol. The molecule has 0 bridgehead atoms. The molecule has 1 aliphatic heterocycles. The van der Waals surface area contributed by atoms with Gasteiger partial charge in [0.1, 0.15) is 12.2 Å². The van der Waals surface area contributed by atoms with Gasteiger partial charge < -0.3 is 19.7 Å². The van der Waals surface area contributed by atoms with Crippen LogP contribution in [0.15, 0.2) is 36.5 Å². The zero-order valence-electron chi connectivity index (χ0n) is 20.2. The van der Waals surface area contributed by atoms with Gasteiger partial charge in [0.2, 0.25) is 0 Å². The molecule has 6 heteroatoms. The zero-order valence-corrected chi connectivity index (χ0v) is 20.2. The molecule has 0 unspecified atom stereocenters. The Labute approximate surface area is 197 Å². The van der Waals surface area contributed by atoms with Crippen LogP contribution in [0.1, 0.15) is 72.1 Å². The highest BCUT2D eigenvalue weighted by Crippen LogP contribution is 2.45. The van der Waals surface area contributed by atoms with E-state index < -0.39 is 23.7 Å². The Hall–Kier alpha value is -1.92. The van der Waals surface area contributed by atoms with Crippen LogP contribution in [-0.2, 0) is 19.1 Å². The molecule has 0 aromatic heterocycles. The second-order valence-electron chi connectivity index (χ2n) is 10.1. The van der Waals surface area contributed by atoms with Crippen molar-refractivity contribution in [2.45, 2.75) is 96.6 Å². The Morgan fingerprint density at radius 2 is 2.00 bits per heavy atom. The lowest BCUT2D eigenvalue weighted by Crippen LogP contribution is -2.45. The SMILES string of the molecule is C=CCC(CC)(CC)C(=O)O[C@H]1C[C@H](O)C=C2C=C[C@H](C)[C@H](CC[C@@H]3C[C@@H](O)CC(=O)O3)[C@H]21. The van der Waals surface area contributed by atoms with Gasteiger partial charge in [-0.3, -0.25) is 9.59 Å². The lowest BCUT2D eigenvalue weighted by molar-refractivity contribution is -0.168. The number of carbonyl (C=O) groups is 2. The van der Waals surface area contributed by atoms with Gasteiger partial charge in [-0.2, -0.15) is 0 Å². The van der Waals surface area contributed by atoms with Crippen molar-refractivity contribution in [1.82, 2.24) is 0 Å². The number of rotatable bonds is 9. The summed E-state index contributed by atoms with van der Waals surface area (Å²) >= 11 is 0. The minimum atomic E-state index is -0.653. The van der Waals surface area contributed by atoms with Gasteiger partial charge in [0.25, 0.3) is 0 Å². The molecule has 1 fully saturated rings. The Balaban J connectivity index is 1.79. The molecule has 3 rings (SSSR count). The van der Waals surface area contributed by atoms with Crippen molar-refractivity contribution < 1.29 is 29.3 Å². The molecule has 0 aromatic carbocycles. The number of allylic oxidation sites excluding steroid dienone is 3. The second kappa shape index (κ2) is 11.0. The van der Waals surface area contributed by atoms with Gasteiger partial charge in [-0.15, -0.1) is 6.58 Å². The van der Waals surface area contributed by atoms with E-state index in [9.17, 15) is 19.8 Å². The molecule has 0 aromatic rings. The molecule has 33 heavy (non-hydrogen) atoms. The van der Waals surface area contributed by atoms with Crippen molar-refractivity contribution >= 4 is 11.9 Å². The highest BCUT2D eigenvalue weighted by atomic mass is 16.6. The normalized spacial score (nSPS) is 34.2. The molecule has 1 heterocycles. The van der Waals surface area contributed by atoms with Crippen LogP contribution in [0.25, 0.3) is 0 Å². The van der Waals surface area contributed by atoms with Crippen molar-refractivity contribution in [3.05, 3.63) is 36.5 Å². The fourth-order valence-corrected chi connectivity index (χ4v) is 5.85. The quantitative estimate of drug-likeness (QED) is 0.395. The van der Waals surface area contributed by atoms with E-state index in [1.54, 1.807) is 6.08 Å². The van der Waals surface area contributed by atoms with Crippen molar-refractivity contribution in [3.8, 4) is 0 Å². The number of esters is 2. The van der Waals surface area contributed by atoms with Crippen LogP contribution in [0.2, 0.25) is 0 Å². The Bertz CT molecular complexity index is 779. The molecule has 6 nitrogen and oxygen atoms in total. The van der Waals surface area contributed by atoms with Gasteiger partial charge in [0.15, 0.2) is 0 Å². The van der Waals surface area contributed by atoms with Gasteiger partial charge >= 0.3 is 11.9 Å². The summed E-state index contributed by atoms with van der Waals surface area (Å²) in [5, 5.41) is 20.4. The van der Waals surface area contributed by atoms with E-state index in [1.165, 1.54) is 0 Å². The fourth-order valence-electron chi connectivity index (χ4n) is 5.85. The molecular formula is C27H40O6. The van der Waals surface area contributed by atoms with E-state index in [2.05, 4.69) is 25.7 Å². The van der Waals surface area contributed by atoms with E-state index in [1.807, 2.05) is 19.9 Å². The molecule has 0 amide bonds.